The molecule has 3 rings (SSSR count). The van der Waals surface area contributed by atoms with Gasteiger partial charge in [-0.15, -0.1) is 0 Å². The quantitative estimate of drug-likeness (QED) is 0.669. The van der Waals surface area contributed by atoms with Crippen molar-refractivity contribution >= 4 is 22.7 Å². The second-order valence-electron chi connectivity index (χ2n) is 5.82. The first kappa shape index (κ1) is 16.0. The van der Waals surface area contributed by atoms with Crippen LogP contribution in [-0.2, 0) is 11.2 Å². The van der Waals surface area contributed by atoms with Crippen LogP contribution >= 0.6 is 0 Å². The fourth-order valence-electron chi connectivity index (χ4n) is 3.08. The molecule has 2 aromatic carbocycles. The summed E-state index contributed by atoms with van der Waals surface area (Å²) < 4.78 is 0. The molecule has 0 spiro atoms. The molecule has 0 saturated heterocycles. The normalized spacial score (nSPS) is 12.2. The summed E-state index contributed by atoms with van der Waals surface area (Å²) in [5.74, 6) is -2.01. The summed E-state index contributed by atoms with van der Waals surface area (Å²) in [6, 6.07) is 14.7. The lowest BCUT2D eigenvalue weighted by molar-refractivity contribution is -0.138. The first-order valence-electron chi connectivity index (χ1n) is 8.01. The van der Waals surface area contributed by atoms with Gasteiger partial charge < -0.3 is 10.1 Å². The molecule has 1 unspecified atom stereocenters. The van der Waals surface area contributed by atoms with Crippen LogP contribution in [-0.4, -0.2) is 21.8 Å². The molecule has 4 nitrogen and oxygen atoms in total. The van der Waals surface area contributed by atoms with Gasteiger partial charge in [-0.3, -0.25) is 9.59 Å². The van der Waals surface area contributed by atoms with Crippen molar-refractivity contribution in [1.82, 2.24) is 4.98 Å². The molecule has 0 aliphatic heterocycles. The van der Waals surface area contributed by atoms with Crippen LogP contribution in [0.3, 0.4) is 0 Å². The number of aromatic nitrogens is 1. The third kappa shape index (κ3) is 2.95. The summed E-state index contributed by atoms with van der Waals surface area (Å²) in [5.41, 5.74) is 3.29. The average molecular weight is 321 g/mol. The van der Waals surface area contributed by atoms with E-state index in [9.17, 15) is 14.7 Å². The maximum atomic E-state index is 12.4. The van der Waals surface area contributed by atoms with Gasteiger partial charge in [-0.05, 0) is 17.5 Å². The number of carboxylic acid groups (broad SMARTS) is 1. The van der Waals surface area contributed by atoms with Crippen molar-refractivity contribution in [2.24, 2.45) is 0 Å². The van der Waals surface area contributed by atoms with Gasteiger partial charge in [-0.1, -0.05) is 55.5 Å². The Bertz CT molecular complexity index is 880. The van der Waals surface area contributed by atoms with Gasteiger partial charge in [0.1, 0.15) is 0 Å². The Morgan fingerprint density at radius 2 is 1.83 bits per heavy atom. The van der Waals surface area contributed by atoms with Gasteiger partial charge >= 0.3 is 5.97 Å². The maximum Gasteiger partial charge on any atom is 0.311 e. The van der Waals surface area contributed by atoms with E-state index in [0.29, 0.717) is 11.1 Å². The van der Waals surface area contributed by atoms with Crippen molar-refractivity contribution in [2.75, 3.05) is 0 Å². The number of H-pyrrole nitrogens is 1. The van der Waals surface area contributed by atoms with Crippen molar-refractivity contribution in [3.8, 4) is 0 Å². The van der Waals surface area contributed by atoms with Crippen molar-refractivity contribution in [1.29, 1.82) is 0 Å². The monoisotopic (exact) mass is 321 g/mol. The van der Waals surface area contributed by atoms with Crippen LogP contribution in [0.1, 0.15) is 40.7 Å². The Morgan fingerprint density at radius 3 is 2.50 bits per heavy atom. The minimum atomic E-state index is -0.984. The Labute approximate surface area is 140 Å². The van der Waals surface area contributed by atoms with Gasteiger partial charge in [0, 0.05) is 29.1 Å². The zero-order chi connectivity index (χ0) is 17.1. The number of carboxylic acids is 1. The van der Waals surface area contributed by atoms with Crippen LogP contribution < -0.4 is 0 Å². The first-order chi connectivity index (χ1) is 11.6. The Morgan fingerprint density at radius 1 is 1.08 bits per heavy atom. The van der Waals surface area contributed by atoms with E-state index >= 15 is 0 Å². The summed E-state index contributed by atoms with van der Waals surface area (Å²) in [5, 5.41) is 10.5. The highest BCUT2D eigenvalue weighted by atomic mass is 16.4. The van der Waals surface area contributed by atoms with Gasteiger partial charge in [0.05, 0.1) is 5.92 Å². The standard InChI is InChI=1S/C20H19NO3/c1-2-13-9-6-10-15-17(12-21-19(13)15)16(20(23)24)11-18(22)14-7-4-3-5-8-14/h3-10,12,16,21H,2,11H2,1H3,(H,23,24). The molecule has 0 saturated carbocycles. The van der Waals surface area contributed by atoms with Crippen molar-refractivity contribution in [2.45, 2.75) is 25.7 Å². The van der Waals surface area contributed by atoms with E-state index in [-0.39, 0.29) is 12.2 Å². The average Bonchev–Trinajstić information content (AvgIpc) is 3.03. The van der Waals surface area contributed by atoms with Crippen LogP contribution in [0.25, 0.3) is 10.9 Å². The van der Waals surface area contributed by atoms with E-state index in [1.54, 1.807) is 30.5 Å². The van der Waals surface area contributed by atoms with Gasteiger partial charge in [0.15, 0.2) is 5.78 Å². The van der Waals surface area contributed by atoms with Gasteiger partial charge in [-0.25, -0.2) is 0 Å². The molecular formula is C20H19NO3. The number of Topliss-reactive ketones (excluding diaryl/α,β-unsaturated/α-hetero) is 1. The van der Waals surface area contributed by atoms with E-state index in [1.807, 2.05) is 24.3 Å². The Balaban J connectivity index is 1.98. The van der Waals surface area contributed by atoms with Crippen molar-refractivity contribution < 1.29 is 14.7 Å². The lowest BCUT2D eigenvalue weighted by Gasteiger charge is -2.11. The highest BCUT2D eigenvalue weighted by Gasteiger charge is 2.26. The van der Waals surface area contributed by atoms with Gasteiger partial charge in [-0.2, -0.15) is 0 Å². The number of rotatable bonds is 6. The van der Waals surface area contributed by atoms with Crippen molar-refractivity contribution in [3.05, 3.63) is 71.4 Å². The predicted molar refractivity (Wildman–Crippen MR) is 93.4 cm³/mol. The van der Waals surface area contributed by atoms with Crippen LogP contribution in [0.2, 0.25) is 0 Å². The molecule has 1 aromatic heterocycles. The fraction of sp³-hybridized carbons (Fsp3) is 0.200. The van der Waals surface area contributed by atoms with E-state index in [0.717, 1.165) is 22.9 Å². The molecule has 122 valence electrons. The second-order valence-corrected chi connectivity index (χ2v) is 5.82. The summed E-state index contributed by atoms with van der Waals surface area (Å²) >= 11 is 0. The SMILES string of the molecule is CCc1cccc2c(C(CC(=O)c3ccccc3)C(=O)O)c[nH]c12. The number of carbonyl (C=O) groups is 2. The van der Waals surface area contributed by atoms with Crippen LogP contribution in [0, 0.1) is 0 Å². The molecule has 1 atom stereocenters. The van der Waals surface area contributed by atoms with E-state index in [4.69, 9.17) is 0 Å². The number of benzene rings is 2. The highest BCUT2D eigenvalue weighted by Crippen LogP contribution is 2.31. The molecule has 24 heavy (non-hydrogen) atoms. The minimum absolute atomic E-state index is 0.0529. The molecule has 3 aromatic rings. The Kier molecular flexibility index (Phi) is 4.47. The van der Waals surface area contributed by atoms with E-state index in [1.165, 1.54) is 0 Å². The van der Waals surface area contributed by atoms with E-state index < -0.39 is 11.9 Å². The third-order valence-corrected chi connectivity index (χ3v) is 4.37. The van der Waals surface area contributed by atoms with Crippen LogP contribution in [0.15, 0.2) is 54.7 Å². The van der Waals surface area contributed by atoms with E-state index in [2.05, 4.69) is 11.9 Å². The number of nitrogens with one attached hydrogen (secondary N) is 1. The predicted octanol–water partition coefficient (Wildman–Crippen LogP) is 4.17. The second kappa shape index (κ2) is 6.71. The molecule has 4 heteroatoms. The number of ketones is 1. The number of aryl methyl sites for hydroxylation is 1. The van der Waals surface area contributed by atoms with Crippen LogP contribution in [0.5, 0.6) is 0 Å². The zero-order valence-electron chi connectivity index (χ0n) is 13.5. The smallest absolute Gasteiger partial charge is 0.311 e. The first-order valence-corrected chi connectivity index (χ1v) is 8.01. The highest BCUT2D eigenvalue weighted by molar-refractivity contribution is 6.00. The summed E-state index contributed by atoms with van der Waals surface area (Å²) in [4.78, 5) is 27.4. The molecule has 1 heterocycles. The molecule has 0 amide bonds. The molecule has 0 fully saturated rings. The molecule has 0 radical (unpaired) electrons. The molecule has 0 aliphatic carbocycles. The lowest BCUT2D eigenvalue weighted by atomic mass is 9.91. The molecule has 0 bridgehead atoms. The number of fused-ring (bicyclic) bond motifs is 1. The number of hydrogen-bond acceptors (Lipinski definition) is 2. The molecule has 0 aliphatic rings. The number of aliphatic carboxylic acids is 1. The molecular weight excluding hydrogens is 302 g/mol. The van der Waals surface area contributed by atoms with Crippen LogP contribution in [0.4, 0.5) is 0 Å². The topological polar surface area (TPSA) is 70.2 Å². The number of hydrogen-bond donors (Lipinski definition) is 2. The summed E-state index contributed by atoms with van der Waals surface area (Å²) in [7, 11) is 0. The maximum absolute atomic E-state index is 12.4. The number of para-hydroxylation sites is 1. The lowest BCUT2D eigenvalue weighted by Crippen LogP contribution is -2.16. The van der Waals surface area contributed by atoms with Gasteiger partial charge in [0.25, 0.3) is 0 Å². The summed E-state index contributed by atoms with van der Waals surface area (Å²) in [6.45, 7) is 2.06. The molecule has 2 N–H and O–H groups in total. The minimum Gasteiger partial charge on any atom is -0.481 e. The zero-order valence-corrected chi connectivity index (χ0v) is 13.5. The third-order valence-electron chi connectivity index (χ3n) is 4.37. The largest absolute Gasteiger partial charge is 0.481 e. The number of carbonyl (C=O) groups excluding carboxylic acids is 1. The Hall–Kier alpha value is -2.88. The number of aromatic amines is 1. The fourth-order valence-corrected chi connectivity index (χ4v) is 3.08. The van der Waals surface area contributed by atoms with Crippen molar-refractivity contribution in [3.63, 3.8) is 0 Å². The van der Waals surface area contributed by atoms with Gasteiger partial charge in [0.2, 0.25) is 0 Å². The summed E-state index contributed by atoms with van der Waals surface area (Å²) in [6.07, 6.45) is 2.53.